The Balaban J connectivity index is 1.56. The molecular weight excluding hydrogens is 234 g/mol. The molecule has 0 aliphatic heterocycles. The molecule has 0 heterocycles. The maximum absolute atomic E-state index is 9.13. The minimum atomic E-state index is 0.104. The summed E-state index contributed by atoms with van der Waals surface area (Å²) < 4.78 is 0. The van der Waals surface area contributed by atoms with E-state index in [0.29, 0.717) is 12.0 Å². The molecule has 0 spiro atoms. The van der Waals surface area contributed by atoms with Gasteiger partial charge >= 0.3 is 0 Å². The molecule has 1 aliphatic carbocycles. The summed E-state index contributed by atoms with van der Waals surface area (Å²) >= 11 is 0. The van der Waals surface area contributed by atoms with Crippen LogP contribution in [-0.4, -0.2) is 11.1 Å². The van der Waals surface area contributed by atoms with Crippen LogP contribution in [0.15, 0.2) is 54.6 Å². The van der Waals surface area contributed by atoms with Crippen molar-refractivity contribution < 1.29 is 5.11 Å². The Morgan fingerprint density at radius 2 is 1.79 bits per heavy atom. The fraction of sp³-hybridized carbons (Fsp3) is 0.294. The molecule has 0 aromatic heterocycles. The largest absolute Gasteiger partial charge is 0.392 e. The maximum Gasteiger partial charge on any atom is 0.0682 e. The van der Waals surface area contributed by atoms with Crippen molar-refractivity contribution in [1.29, 1.82) is 0 Å². The van der Waals surface area contributed by atoms with Gasteiger partial charge in [0.2, 0.25) is 0 Å². The van der Waals surface area contributed by atoms with E-state index in [1.807, 2.05) is 18.2 Å². The molecule has 0 saturated heterocycles. The minimum absolute atomic E-state index is 0.104. The summed E-state index contributed by atoms with van der Waals surface area (Å²) in [5.74, 6) is 0.694. The topological polar surface area (TPSA) is 32.3 Å². The normalized spacial score (nSPS) is 21.7. The van der Waals surface area contributed by atoms with Crippen LogP contribution in [0.1, 0.15) is 29.9 Å². The lowest BCUT2D eigenvalue weighted by Crippen LogP contribution is -2.33. The van der Waals surface area contributed by atoms with Crippen LogP contribution in [-0.2, 0) is 6.61 Å². The maximum atomic E-state index is 9.13. The first-order valence-corrected chi connectivity index (χ1v) is 6.86. The Kier molecular flexibility index (Phi) is 3.51. The molecule has 0 radical (unpaired) electrons. The van der Waals surface area contributed by atoms with Gasteiger partial charge in [0.05, 0.1) is 6.61 Å². The highest BCUT2D eigenvalue weighted by Gasteiger charge is 2.29. The lowest BCUT2D eigenvalue weighted by Gasteiger charge is -2.37. The molecule has 2 nitrogen and oxygen atoms in total. The van der Waals surface area contributed by atoms with Crippen LogP contribution in [0.2, 0.25) is 0 Å². The molecule has 1 aliphatic rings. The lowest BCUT2D eigenvalue weighted by molar-refractivity contribution is 0.282. The second-order valence-electron chi connectivity index (χ2n) is 5.28. The van der Waals surface area contributed by atoms with E-state index in [-0.39, 0.29) is 6.61 Å². The highest BCUT2D eigenvalue weighted by atomic mass is 16.3. The quantitative estimate of drug-likeness (QED) is 0.873. The molecule has 2 aromatic carbocycles. The number of nitrogens with one attached hydrogen (secondary N) is 1. The van der Waals surface area contributed by atoms with Gasteiger partial charge in [0.25, 0.3) is 0 Å². The second kappa shape index (κ2) is 5.45. The third-order valence-electron chi connectivity index (χ3n) is 3.89. The zero-order valence-electron chi connectivity index (χ0n) is 10.9. The van der Waals surface area contributed by atoms with E-state index in [1.165, 1.54) is 18.4 Å². The van der Waals surface area contributed by atoms with E-state index in [1.54, 1.807) is 0 Å². The van der Waals surface area contributed by atoms with Crippen molar-refractivity contribution in [3.05, 3.63) is 65.7 Å². The molecule has 1 saturated carbocycles. The number of benzene rings is 2. The first kappa shape index (κ1) is 12.2. The Labute approximate surface area is 114 Å². The molecule has 3 rings (SSSR count). The van der Waals surface area contributed by atoms with Gasteiger partial charge in [-0.05, 0) is 42.0 Å². The smallest absolute Gasteiger partial charge is 0.0682 e. The number of anilines is 1. The molecule has 0 atom stereocenters. The third-order valence-corrected chi connectivity index (χ3v) is 3.89. The molecule has 2 heteroatoms. The van der Waals surface area contributed by atoms with Gasteiger partial charge in [0, 0.05) is 11.7 Å². The van der Waals surface area contributed by atoms with Crippen LogP contribution >= 0.6 is 0 Å². The summed E-state index contributed by atoms with van der Waals surface area (Å²) in [4.78, 5) is 0. The molecule has 1 fully saturated rings. The number of hydrogen-bond acceptors (Lipinski definition) is 2. The van der Waals surface area contributed by atoms with Gasteiger partial charge in [-0.25, -0.2) is 0 Å². The highest BCUT2D eigenvalue weighted by molar-refractivity contribution is 5.47. The highest BCUT2D eigenvalue weighted by Crippen LogP contribution is 2.38. The molecular formula is C17H19NO. The van der Waals surface area contributed by atoms with Crippen LogP contribution in [0.4, 0.5) is 5.69 Å². The summed E-state index contributed by atoms with van der Waals surface area (Å²) in [6, 6.07) is 19.3. The molecule has 98 valence electrons. The van der Waals surface area contributed by atoms with Crippen molar-refractivity contribution in [2.45, 2.75) is 31.4 Å². The number of hydrogen-bond donors (Lipinski definition) is 2. The van der Waals surface area contributed by atoms with Gasteiger partial charge in [-0.15, -0.1) is 0 Å². The van der Waals surface area contributed by atoms with Crippen LogP contribution in [0.5, 0.6) is 0 Å². The summed E-state index contributed by atoms with van der Waals surface area (Å²) in [7, 11) is 0. The van der Waals surface area contributed by atoms with Crippen LogP contribution < -0.4 is 5.32 Å². The predicted octanol–water partition coefficient (Wildman–Crippen LogP) is 3.54. The minimum Gasteiger partial charge on any atom is -0.392 e. The van der Waals surface area contributed by atoms with E-state index in [2.05, 4.69) is 41.7 Å². The molecule has 0 amide bonds. The van der Waals surface area contributed by atoms with Crippen molar-refractivity contribution in [2.75, 3.05) is 5.32 Å². The fourth-order valence-corrected chi connectivity index (χ4v) is 2.73. The Hall–Kier alpha value is -1.80. The number of rotatable bonds is 4. The average Bonchev–Trinajstić information content (AvgIpc) is 2.43. The molecule has 0 unspecified atom stereocenters. The van der Waals surface area contributed by atoms with Crippen molar-refractivity contribution >= 4 is 5.69 Å². The van der Waals surface area contributed by atoms with Crippen LogP contribution in [0.3, 0.4) is 0 Å². The average molecular weight is 253 g/mol. The van der Waals surface area contributed by atoms with Crippen molar-refractivity contribution in [2.24, 2.45) is 0 Å². The Bertz CT molecular complexity index is 532. The molecule has 2 aromatic rings. The van der Waals surface area contributed by atoms with E-state index >= 15 is 0 Å². The van der Waals surface area contributed by atoms with Gasteiger partial charge in [0.15, 0.2) is 0 Å². The monoisotopic (exact) mass is 253 g/mol. The van der Waals surface area contributed by atoms with Gasteiger partial charge in [0.1, 0.15) is 0 Å². The van der Waals surface area contributed by atoms with E-state index < -0.39 is 0 Å². The van der Waals surface area contributed by atoms with Crippen molar-refractivity contribution in [3.8, 4) is 0 Å². The fourth-order valence-electron chi connectivity index (χ4n) is 2.73. The lowest BCUT2D eigenvalue weighted by atomic mass is 9.76. The molecule has 2 N–H and O–H groups in total. The number of aliphatic hydroxyl groups is 1. The Morgan fingerprint density at radius 3 is 2.53 bits per heavy atom. The summed E-state index contributed by atoms with van der Waals surface area (Å²) in [6.45, 7) is 0.104. The van der Waals surface area contributed by atoms with Gasteiger partial charge in [-0.1, -0.05) is 42.5 Å². The first-order valence-electron chi connectivity index (χ1n) is 6.86. The standard InChI is InChI=1S/C17H19NO/c19-12-13-5-4-8-16(9-13)18-17-10-15(11-17)14-6-2-1-3-7-14/h1-9,15,17-19H,10-12H2. The summed E-state index contributed by atoms with van der Waals surface area (Å²) in [5.41, 5.74) is 3.52. The molecule has 0 bridgehead atoms. The Morgan fingerprint density at radius 1 is 1.00 bits per heavy atom. The SMILES string of the molecule is OCc1cccc(NC2CC(c3ccccc3)C2)c1. The first-order chi connectivity index (χ1) is 9.35. The molecule has 19 heavy (non-hydrogen) atoms. The summed E-state index contributed by atoms with van der Waals surface area (Å²) in [5, 5.41) is 12.7. The third kappa shape index (κ3) is 2.79. The van der Waals surface area contributed by atoms with Crippen LogP contribution in [0, 0.1) is 0 Å². The van der Waals surface area contributed by atoms with Gasteiger partial charge in [-0.3, -0.25) is 0 Å². The van der Waals surface area contributed by atoms with E-state index in [9.17, 15) is 0 Å². The van der Waals surface area contributed by atoms with Gasteiger partial charge < -0.3 is 10.4 Å². The van der Waals surface area contributed by atoms with E-state index in [4.69, 9.17) is 5.11 Å². The predicted molar refractivity (Wildman–Crippen MR) is 78.2 cm³/mol. The zero-order valence-corrected chi connectivity index (χ0v) is 10.9. The zero-order chi connectivity index (χ0) is 13.1. The van der Waals surface area contributed by atoms with Crippen molar-refractivity contribution in [1.82, 2.24) is 0 Å². The second-order valence-corrected chi connectivity index (χ2v) is 5.28. The van der Waals surface area contributed by atoms with Crippen LogP contribution in [0.25, 0.3) is 0 Å². The van der Waals surface area contributed by atoms with Gasteiger partial charge in [-0.2, -0.15) is 0 Å². The number of aliphatic hydroxyl groups excluding tert-OH is 1. The van der Waals surface area contributed by atoms with E-state index in [0.717, 1.165) is 11.3 Å². The summed E-state index contributed by atoms with van der Waals surface area (Å²) in [6.07, 6.45) is 2.38. The van der Waals surface area contributed by atoms with Crippen molar-refractivity contribution in [3.63, 3.8) is 0 Å².